The second-order valence-corrected chi connectivity index (χ2v) is 3.28. The Morgan fingerprint density at radius 3 is 2.45 bits per heavy atom. The highest BCUT2D eigenvalue weighted by Crippen LogP contribution is 2.10. The highest BCUT2D eigenvalue weighted by Gasteiger charge is 2.03. The van der Waals surface area contributed by atoms with Crippen molar-refractivity contribution in [2.45, 2.75) is 46.1 Å². The van der Waals surface area contributed by atoms with Crippen LogP contribution in [0.2, 0.25) is 0 Å². The molecule has 0 radical (unpaired) electrons. The van der Waals surface area contributed by atoms with Crippen LogP contribution in [-0.2, 0) is 0 Å². The van der Waals surface area contributed by atoms with E-state index in [-0.39, 0.29) is 0 Å². The fourth-order valence-corrected chi connectivity index (χ4v) is 1.20. The molecule has 0 spiro atoms. The average molecular weight is 153 g/mol. The van der Waals surface area contributed by atoms with Crippen molar-refractivity contribution >= 4 is 0 Å². The average Bonchev–Trinajstić information content (AvgIpc) is 1.86. The zero-order chi connectivity index (χ0) is 8.69. The Kier molecular flexibility index (Phi) is 5.97. The summed E-state index contributed by atoms with van der Waals surface area (Å²) in [5.74, 6) is 6.68. The summed E-state index contributed by atoms with van der Waals surface area (Å²) in [6.45, 7) is 6.18. The largest absolute Gasteiger partial charge is 0.328 e. The van der Waals surface area contributed by atoms with E-state index >= 15 is 0 Å². The van der Waals surface area contributed by atoms with Gasteiger partial charge in [-0.3, -0.25) is 0 Å². The van der Waals surface area contributed by atoms with Crippen molar-refractivity contribution in [3.05, 3.63) is 0 Å². The molecule has 0 aromatic heterocycles. The van der Waals surface area contributed by atoms with Crippen molar-refractivity contribution in [1.29, 1.82) is 0 Å². The Morgan fingerprint density at radius 1 is 1.36 bits per heavy atom. The smallest absolute Gasteiger partial charge is 0.00911 e. The summed E-state index contributed by atoms with van der Waals surface area (Å²) < 4.78 is 0. The van der Waals surface area contributed by atoms with Gasteiger partial charge in [-0.25, -0.2) is 0 Å². The van der Waals surface area contributed by atoms with Crippen LogP contribution in [0.25, 0.3) is 0 Å². The number of hydrogen-bond acceptors (Lipinski definition) is 1. The summed E-state index contributed by atoms with van der Waals surface area (Å²) in [5, 5.41) is 0. The number of rotatable bonds is 4. The maximum Gasteiger partial charge on any atom is 0.00911 e. The molecule has 0 aliphatic carbocycles. The molecule has 1 heteroatoms. The van der Waals surface area contributed by atoms with E-state index in [0.29, 0.717) is 6.04 Å². The van der Waals surface area contributed by atoms with Crippen LogP contribution in [0, 0.1) is 17.8 Å². The Balaban J connectivity index is 3.34. The molecular weight excluding hydrogens is 134 g/mol. The minimum absolute atomic E-state index is 0.333. The fraction of sp³-hybridized carbons (Fsp3) is 0.800. The molecular formula is C10H19N. The lowest BCUT2D eigenvalue weighted by atomic mass is 9.98. The molecule has 0 rings (SSSR count). The van der Waals surface area contributed by atoms with E-state index in [9.17, 15) is 0 Å². The predicted molar refractivity (Wildman–Crippen MR) is 50.1 cm³/mol. The quantitative estimate of drug-likeness (QED) is 0.615. The standard InChI is InChI=1S/C10H19N/c1-4-5-6-7-9(2)8-10(3)11/h9-10H,6-8,11H2,1-3H3. The van der Waals surface area contributed by atoms with Crippen molar-refractivity contribution in [3.8, 4) is 11.8 Å². The predicted octanol–water partition coefficient (Wildman–Crippen LogP) is 2.16. The van der Waals surface area contributed by atoms with Gasteiger partial charge in [-0.2, -0.15) is 0 Å². The zero-order valence-corrected chi connectivity index (χ0v) is 7.85. The van der Waals surface area contributed by atoms with Gasteiger partial charge in [-0.15, -0.1) is 11.8 Å². The van der Waals surface area contributed by atoms with E-state index in [1.165, 1.54) is 6.42 Å². The molecule has 0 aromatic carbocycles. The third-order valence-electron chi connectivity index (χ3n) is 1.71. The van der Waals surface area contributed by atoms with Crippen LogP contribution in [-0.4, -0.2) is 6.04 Å². The SMILES string of the molecule is CC#CCCC(C)CC(C)N. The minimum atomic E-state index is 0.333. The van der Waals surface area contributed by atoms with Crippen LogP contribution in [0.15, 0.2) is 0 Å². The fourth-order valence-electron chi connectivity index (χ4n) is 1.20. The zero-order valence-electron chi connectivity index (χ0n) is 7.85. The second-order valence-electron chi connectivity index (χ2n) is 3.28. The molecule has 2 atom stereocenters. The number of nitrogens with two attached hydrogens (primary N) is 1. The molecule has 1 nitrogen and oxygen atoms in total. The van der Waals surface area contributed by atoms with Crippen molar-refractivity contribution in [3.63, 3.8) is 0 Å². The molecule has 64 valence electrons. The lowest BCUT2D eigenvalue weighted by Gasteiger charge is -2.11. The molecule has 0 saturated carbocycles. The summed E-state index contributed by atoms with van der Waals surface area (Å²) in [6, 6.07) is 0.333. The van der Waals surface area contributed by atoms with E-state index in [1.807, 2.05) is 6.92 Å². The van der Waals surface area contributed by atoms with E-state index in [4.69, 9.17) is 5.73 Å². The first-order valence-corrected chi connectivity index (χ1v) is 4.32. The van der Waals surface area contributed by atoms with E-state index in [2.05, 4.69) is 25.7 Å². The van der Waals surface area contributed by atoms with Crippen LogP contribution in [0.3, 0.4) is 0 Å². The van der Waals surface area contributed by atoms with Gasteiger partial charge in [0.15, 0.2) is 0 Å². The Morgan fingerprint density at radius 2 is 2.00 bits per heavy atom. The Bertz CT molecular complexity index is 139. The third-order valence-corrected chi connectivity index (χ3v) is 1.71. The molecule has 0 aromatic rings. The summed E-state index contributed by atoms with van der Waals surface area (Å²) >= 11 is 0. The highest BCUT2D eigenvalue weighted by molar-refractivity contribution is 4.94. The van der Waals surface area contributed by atoms with Crippen molar-refractivity contribution in [2.24, 2.45) is 11.7 Å². The van der Waals surface area contributed by atoms with Gasteiger partial charge in [0, 0.05) is 12.5 Å². The normalized spacial score (nSPS) is 14.9. The molecule has 0 aliphatic rings. The summed E-state index contributed by atoms with van der Waals surface area (Å²) in [4.78, 5) is 0. The third kappa shape index (κ3) is 7.42. The van der Waals surface area contributed by atoms with Crippen LogP contribution in [0.4, 0.5) is 0 Å². The second kappa shape index (κ2) is 6.24. The number of hydrogen-bond donors (Lipinski definition) is 1. The Hall–Kier alpha value is -0.480. The molecule has 0 amide bonds. The molecule has 2 unspecified atom stereocenters. The van der Waals surface area contributed by atoms with Crippen molar-refractivity contribution in [1.82, 2.24) is 0 Å². The molecule has 11 heavy (non-hydrogen) atoms. The monoisotopic (exact) mass is 153 g/mol. The van der Waals surface area contributed by atoms with E-state index in [0.717, 1.165) is 18.8 Å². The summed E-state index contributed by atoms with van der Waals surface area (Å²) in [6.07, 6.45) is 3.32. The first kappa shape index (κ1) is 10.5. The molecule has 0 heterocycles. The van der Waals surface area contributed by atoms with Gasteiger partial charge in [-0.1, -0.05) is 6.92 Å². The summed E-state index contributed by atoms with van der Waals surface area (Å²) in [5.41, 5.74) is 5.66. The maximum atomic E-state index is 5.66. The van der Waals surface area contributed by atoms with E-state index < -0.39 is 0 Å². The van der Waals surface area contributed by atoms with Crippen LogP contribution in [0.5, 0.6) is 0 Å². The Labute approximate surface area is 70.4 Å². The van der Waals surface area contributed by atoms with Crippen molar-refractivity contribution < 1.29 is 0 Å². The maximum absolute atomic E-state index is 5.66. The molecule has 2 N–H and O–H groups in total. The molecule has 0 aliphatic heterocycles. The molecule has 0 fully saturated rings. The lowest BCUT2D eigenvalue weighted by molar-refractivity contribution is 0.458. The van der Waals surface area contributed by atoms with Gasteiger partial charge in [0.2, 0.25) is 0 Å². The summed E-state index contributed by atoms with van der Waals surface area (Å²) in [7, 11) is 0. The minimum Gasteiger partial charge on any atom is -0.328 e. The van der Waals surface area contributed by atoms with Gasteiger partial charge in [0.05, 0.1) is 0 Å². The van der Waals surface area contributed by atoms with Gasteiger partial charge in [-0.05, 0) is 32.6 Å². The van der Waals surface area contributed by atoms with Gasteiger partial charge < -0.3 is 5.73 Å². The van der Waals surface area contributed by atoms with Gasteiger partial charge in [0.25, 0.3) is 0 Å². The topological polar surface area (TPSA) is 26.0 Å². The first-order chi connectivity index (χ1) is 5.16. The molecule has 0 bridgehead atoms. The highest BCUT2D eigenvalue weighted by atomic mass is 14.6. The van der Waals surface area contributed by atoms with Crippen molar-refractivity contribution in [2.75, 3.05) is 0 Å². The lowest BCUT2D eigenvalue weighted by Crippen LogP contribution is -2.18. The van der Waals surface area contributed by atoms with E-state index in [1.54, 1.807) is 0 Å². The van der Waals surface area contributed by atoms with Crippen LogP contribution < -0.4 is 5.73 Å². The van der Waals surface area contributed by atoms with Gasteiger partial charge >= 0.3 is 0 Å². The van der Waals surface area contributed by atoms with Gasteiger partial charge in [0.1, 0.15) is 0 Å². The van der Waals surface area contributed by atoms with Crippen LogP contribution >= 0.6 is 0 Å². The first-order valence-electron chi connectivity index (χ1n) is 4.32. The molecule has 0 saturated heterocycles. The van der Waals surface area contributed by atoms with Crippen LogP contribution in [0.1, 0.15) is 40.0 Å².